The molecule has 0 radical (unpaired) electrons. The van der Waals surface area contributed by atoms with Crippen molar-refractivity contribution in [1.29, 1.82) is 0 Å². The summed E-state index contributed by atoms with van der Waals surface area (Å²) in [5.74, 6) is 0.690. The van der Waals surface area contributed by atoms with Gasteiger partial charge in [-0.25, -0.2) is 19.7 Å². The number of aromatic amines is 1. The maximum Gasteiger partial charge on any atom is 0.407 e. The van der Waals surface area contributed by atoms with Crippen LogP contribution in [-0.2, 0) is 16.0 Å². The number of imidazole rings is 1. The van der Waals surface area contributed by atoms with Gasteiger partial charge in [0.1, 0.15) is 29.0 Å². The Hall–Kier alpha value is -5.01. The van der Waals surface area contributed by atoms with Crippen molar-refractivity contribution in [3.8, 4) is 11.3 Å². The van der Waals surface area contributed by atoms with Crippen LogP contribution in [0.25, 0.3) is 27.9 Å². The predicted molar refractivity (Wildman–Crippen MR) is 183 cm³/mol. The molecule has 1 atom stereocenters. The Morgan fingerprint density at radius 2 is 1.85 bits per heavy atom. The van der Waals surface area contributed by atoms with E-state index >= 15 is 0 Å². The van der Waals surface area contributed by atoms with Crippen molar-refractivity contribution in [2.45, 2.75) is 51.8 Å². The number of benzene rings is 1. The van der Waals surface area contributed by atoms with E-state index in [0.717, 1.165) is 66.3 Å². The number of amides is 2. The fourth-order valence-corrected chi connectivity index (χ4v) is 6.41. The number of likely N-dealkylation sites (tertiary alicyclic amines) is 1. The molecule has 3 N–H and O–H groups in total. The van der Waals surface area contributed by atoms with E-state index in [0.29, 0.717) is 43.2 Å². The minimum Gasteiger partial charge on any atom is -0.444 e. The molecule has 0 spiro atoms. The molecule has 48 heavy (non-hydrogen) atoms. The Bertz CT molecular complexity index is 1920. The molecule has 2 fully saturated rings. The molecule has 13 nitrogen and oxygen atoms in total. The molecule has 2 aliphatic rings. The maximum atomic E-state index is 13.5. The Labute approximate surface area is 278 Å². The van der Waals surface area contributed by atoms with Gasteiger partial charge in [0.25, 0.3) is 5.91 Å². The van der Waals surface area contributed by atoms with Crippen LogP contribution in [0.1, 0.15) is 49.7 Å². The number of piperidine rings is 1. The largest absolute Gasteiger partial charge is 0.444 e. The number of alkyl carbamates (subject to hydrolysis) is 1. The number of hydrogen-bond acceptors (Lipinski definition) is 9. The quantitative estimate of drug-likeness (QED) is 0.225. The van der Waals surface area contributed by atoms with Crippen LogP contribution in [-0.4, -0.2) is 92.3 Å². The summed E-state index contributed by atoms with van der Waals surface area (Å²) in [7, 11) is 0. The highest BCUT2D eigenvalue weighted by atomic mass is 16.6. The third kappa shape index (κ3) is 7.11. The van der Waals surface area contributed by atoms with E-state index in [1.54, 1.807) is 18.6 Å². The van der Waals surface area contributed by atoms with Gasteiger partial charge in [-0.15, -0.1) is 0 Å². The van der Waals surface area contributed by atoms with Gasteiger partial charge < -0.3 is 34.4 Å². The molecule has 250 valence electrons. The number of ether oxygens (including phenoxy) is 2. The van der Waals surface area contributed by atoms with Crippen molar-refractivity contribution in [3.05, 3.63) is 72.4 Å². The van der Waals surface area contributed by atoms with Crippen LogP contribution in [0.3, 0.4) is 0 Å². The highest BCUT2D eigenvalue weighted by Gasteiger charge is 2.25. The number of aromatic nitrogens is 5. The first-order valence-electron chi connectivity index (χ1n) is 16.4. The average Bonchev–Trinajstić information content (AvgIpc) is 3.72. The first-order chi connectivity index (χ1) is 23.2. The van der Waals surface area contributed by atoms with E-state index in [4.69, 9.17) is 9.47 Å². The average molecular weight is 652 g/mol. The van der Waals surface area contributed by atoms with E-state index in [2.05, 4.69) is 46.4 Å². The van der Waals surface area contributed by atoms with Crippen LogP contribution in [0.4, 0.5) is 16.3 Å². The molecule has 7 rings (SSSR count). The lowest BCUT2D eigenvalue weighted by Gasteiger charge is -2.33. The van der Waals surface area contributed by atoms with Gasteiger partial charge in [0.05, 0.1) is 18.6 Å². The van der Waals surface area contributed by atoms with Gasteiger partial charge in [-0.2, -0.15) is 0 Å². The lowest BCUT2D eigenvalue weighted by Crippen LogP contribution is -2.48. The van der Waals surface area contributed by atoms with Gasteiger partial charge in [0, 0.05) is 67.3 Å². The fraction of sp³-hybridized carbons (Fsp3) is 0.400. The zero-order valence-electron chi connectivity index (χ0n) is 27.5. The number of fused-ring (bicyclic) bond motifs is 2. The molecule has 0 unspecified atom stereocenters. The van der Waals surface area contributed by atoms with E-state index in [1.807, 2.05) is 61.7 Å². The number of nitrogens with zero attached hydrogens (tertiary/aromatic N) is 6. The molecule has 13 heteroatoms. The monoisotopic (exact) mass is 651 g/mol. The van der Waals surface area contributed by atoms with E-state index in [-0.39, 0.29) is 11.9 Å². The molecular weight excluding hydrogens is 610 g/mol. The van der Waals surface area contributed by atoms with E-state index in [1.165, 1.54) is 0 Å². The van der Waals surface area contributed by atoms with Gasteiger partial charge in [0.15, 0.2) is 0 Å². The summed E-state index contributed by atoms with van der Waals surface area (Å²) in [5.41, 5.74) is 4.99. The van der Waals surface area contributed by atoms with Crippen LogP contribution >= 0.6 is 0 Å². The van der Waals surface area contributed by atoms with Gasteiger partial charge >= 0.3 is 6.09 Å². The third-order valence-corrected chi connectivity index (χ3v) is 8.63. The first-order valence-corrected chi connectivity index (χ1v) is 16.4. The summed E-state index contributed by atoms with van der Waals surface area (Å²) >= 11 is 0. The Morgan fingerprint density at radius 1 is 1.04 bits per heavy atom. The summed E-state index contributed by atoms with van der Waals surface area (Å²) in [4.78, 5) is 47.3. The van der Waals surface area contributed by atoms with Crippen LogP contribution in [0.5, 0.6) is 0 Å². The third-order valence-electron chi connectivity index (χ3n) is 8.63. The predicted octanol–water partition coefficient (Wildman–Crippen LogP) is 4.85. The Balaban J connectivity index is 1.03. The highest BCUT2D eigenvalue weighted by Crippen LogP contribution is 2.30. The summed E-state index contributed by atoms with van der Waals surface area (Å²) in [5, 5.41) is 7.03. The number of morpholine rings is 1. The van der Waals surface area contributed by atoms with Crippen LogP contribution in [0, 0.1) is 0 Å². The number of carbonyl (C=O) groups is 2. The minimum atomic E-state index is -0.546. The number of carbonyl (C=O) groups excluding carboxylic acids is 2. The van der Waals surface area contributed by atoms with Crippen molar-refractivity contribution in [1.82, 2.24) is 34.6 Å². The maximum absolute atomic E-state index is 13.5. The molecule has 0 saturated carbocycles. The van der Waals surface area contributed by atoms with Crippen molar-refractivity contribution in [2.24, 2.45) is 0 Å². The topological polar surface area (TPSA) is 142 Å². The Kier molecular flexibility index (Phi) is 8.71. The second-order valence-corrected chi connectivity index (χ2v) is 13.4. The minimum absolute atomic E-state index is 0.00885. The lowest BCUT2D eigenvalue weighted by molar-refractivity contribution is 0.0469. The molecule has 0 bridgehead atoms. The molecule has 4 aromatic heterocycles. The zero-order chi connectivity index (χ0) is 33.3. The molecule has 1 aromatic carbocycles. The molecular formula is C35H41N9O4. The highest BCUT2D eigenvalue weighted by molar-refractivity contribution is 6.05. The van der Waals surface area contributed by atoms with Crippen molar-refractivity contribution >= 4 is 40.2 Å². The molecule has 2 amide bonds. The smallest absolute Gasteiger partial charge is 0.407 e. The molecule has 2 saturated heterocycles. The fourth-order valence-electron chi connectivity index (χ4n) is 6.41. The zero-order valence-corrected chi connectivity index (χ0v) is 27.5. The van der Waals surface area contributed by atoms with Crippen LogP contribution in [0.15, 0.2) is 61.2 Å². The second-order valence-electron chi connectivity index (χ2n) is 13.4. The molecule has 0 aliphatic carbocycles. The van der Waals surface area contributed by atoms with E-state index < -0.39 is 11.7 Å². The lowest BCUT2D eigenvalue weighted by atomic mass is 10.1. The van der Waals surface area contributed by atoms with Crippen LogP contribution < -0.4 is 15.5 Å². The second kappa shape index (κ2) is 13.2. The number of anilines is 2. The molecule has 5 aromatic rings. The SMILES string of the molecule is CC(C)(C)OC(=O)N[C@@H]1CCCN(Cc2cc(C(=O)Nc3ccc(-c4cc5c(N6CCOCC6)ncnc5[nH]4)cc3)cc3nccn23)C1. The number of rotatable bonds is 7. The van der Waals surface area contributed by atoms with Crippen molar-refractivity contribution < 1.29 is 19.1 Å². The first kappa shape index (κ1) is 31.6. The van der Waals surface area contributed by atoms with Crippen LogP contribution in [0.2, 0.25) is 0 Å². The standard InChI is InChI=1S/C35H41N9O4/c1-35(2,3)48-34(46)40-26-5-4-11-42(20-26)21-27-17-24(18-30-36-10-12-44(27)30)33(45)39-25-8-6-23(7-9-25)29-19-28-31(41-29)37-22-38-32(28)43-13-15-47-16-14-43/h6-10,12,17-19,22,26H,4-5,11,13-16,20-21H2,1-3H3,(H,39,45)(H,40,46)(H,37,38,41)/t26-/m1/s1. The summed E-state index contributed by atoms with van der Waals surface area (Å²) in [6, 6.07) is 13.5. The molecule has 2 aliphatic heterocycles. The molecule has 6 heterocycles. The Morgan fingerprint density at radius 3 is 2.65 bits per heavy atom. The van der Waals surface area contributed by atoms with Gasteiger partial charge in [-0.05, 0) is 76.1 Å². The summed E-state index contributed by atoms with van der Waals surface area (Å²) in [6.45, 7) is 10.7. The number of pyridine rings is 1. The number of H-pyrrole nitrogens is 1. The number of hydrogen-bond donors (Lipinski definition) is 3. The van der Waals surface area contributed by atoms with Gasteiger partial charge in [-0.3, -0.25) is 9.69 Å². The van der Waals surface area contributed by atoms with E-state index in [9.17, 15) is 9.59 Å². The van der Waals surface area contributed by atoms with Crippen molar-refractivity contribution in [2.75, 3.05) is 49.6 Å². The van der Waals surface area contributed by atoms with Crippen molar-refractivity contribution in [3.63, 3.8) is 0 Å². The normalized spacial score (nSPS) is 17.5. The summed E-state index contributed by atoms with van der Waals surface area (Å²) < 4.78 is 13.0. The number of nitrogens with one attached hydrogen (secondary N) is 3. The summed E-state index contributed by atoms with van der Waals surface area (Å²) in [6.07, 6.45) is 6.68. The van der Waals surface area contributed by atoms with Gasteiger partial charge in [0.2, 0.25) is 0 Å². The van der Waals surface area contributed by atoms with Gasteiger partial charge in [-0.1, -0.05) is 12.1 Å².